The van der Waals surface area contributed by atoms with Crippen LogP contribution < -0.4 is 5.43 Å². The number of hydrazine groups is 1. The average molecular weight is 140 g/mol. The van der Waals surface area contributed by atoms with Crippen LogP contribution in [0.3, 0.4) is 0 Å². The molecule has 0 aromatic carbocycles. The summed E-state index contributed by atoms with van der Waals surface area (Å²) in [6.07, 6.45) is 0.861. The van der Waals surface area contributed by atoms with Gasteiger partial charge >= 0.3 is 0 Å². The number of carbonyl (C=O) groups is 1. The van der Waals surface area contributed by atoms with Crippen molar-refractivity contribution in [3.63, 3.8) is 0 Å². The Morgan fingerprint density at radius 3 is 2.60 bits per heavy atom. The predicted octanol–water partition coefficient (Wildman–Crippen LogP) is 0.155. The summed E-state index contributed by atoms with van der Waals surface area (Å²) in [4.78, 5) is 11.0. The molecule has 3 nitrogen and oxygen atoms in total. The standard InChI is InChI=1S/C7H12N2O/c1-5-4-6(5)7(10)8-9(2)3/h6H,1,4H2,2-3H3,(H,8,10). The molecule has 0 bridgehead atoms. The summed E-state index contributed by atoms with van der Waals surface area (Å²) in [7, 11) is 3.59. The molecule has 0 radical (unpaired) electrons. The van der Waals surface area contributed by atoms with Crippen molar-refractivity contribution in [3.05, 3.63) is 12.2 Å². The van der Waals surface area contributed by atoms with Gasteiger partial charge < -0.3 is 0 Å². The largest absolute Gasteiger partial charge is 0.289 e. The molecule has 1 aliphatic rings. The van der Waals surface area contributed by atoms with Crippen LogP contribution in [0, 0.1) is 5.92 Å². The first-order valence-electron chi connectivity index (χ1n) is 3.26. The quantitative estimate of drug-likeness (QED) is 0.437. The molecular formula is C7H12N2O. The van der Waals surface area contributed by atoms with E-state index in [9.17, 15) is 4.79 Å². The lowest BCUT2D eigenvalue weighted by Gasteiger charge is -2.10. The molecule has 1 fully saturated rings. The average Bonchev–Trinajstić information content (AvgIpc) is 2.44. The molecule has 0 spiro atoms. The van der Waals surface area contributed by atoms with E-state index in [1.807, 2.05) is 0 Å². The van der Waals surface area contributed by atoms with Crippen molar-refractivity contribution in [2.24, 2.45) is 5.92 Å². The van der Waals surface area contributed by atoms with Crippen LogP contribution in [0.2, 0.25) is 0 Å². The molecule has 10 heavy (non-hydrogen) atoms. The van der Waals surface area contributed by atoms with Gasteiger partial charge in [0.1, 0.15) is 0 Å². The van der Waals surface area contributed by atoms with Gasteiger partial charge in [0, 0.05) is 14.1 Å². The van der Waals surface area contributed by atoms with Gasteiger partial charge in [-0.25, -0.2) is 5.01 Å². The van der Waals surface area contributed by atoms with Gasteiger partial charge in [0.05, 0.1) is 5.92 Å². The third kappa shape index (κ3) is 1.57. The molecule has 56 valence electrons. The summed E-state index contributed by atoms with van der Waals surface area (Å²) in [6, 6.07) is 0. The van der Waals surface area contributed by atoms with E-state index in [2.05, 4.69) is 12.0 Å². The van der Waals surface area contributed by atoms with Gasteiger partial charge in [-0.05, 0) is 6.42 Å². The smallest absolute Gasteiger partial charge is 0.241 e. The minimum atomic E-state index is 0.0648. The summed E-state index contributed by atoms with van der Waals surface area (Å²) in [5, 5.41) is 1.65. The van der Waals surface area contributed by atoms with E-state index in [0.717, 1.165) is 12.0 Å². The monoisotopic (exact) mass is 140 g/mol. The normalized spacial score (nSPS) is 23.1. The van der Waals surface area contributed by atoms with Gasteiger partial charge in [-0.3, -0.25) is 10.2 Å². The van der Waals surface area contributed by atoms with Crippen LogP contribution in [0.4, 0.5) is 0 Å². The topological polar surface area (TPSA) is 32.3 Å². The van der Waals surface area contributed by atoms with Crippen LogP contribution in [0.1, 0.15) is 6.42 Å². The van der Waals surface area contributed by atoms with E-state index < -0.39 is 0 Å². The molecule has 0 aliphatic heterocycles. The van der Waals surface area contributed by atoms with Gasteiger partial charge in [0.25, 0.3) is 0 Å². The van der Waals surface area contributed by atoms with Crippen LogP contribution in [-0.2, 0) is 4.79 Å². The van der Waals surface area contributed by atoms with Crippen LogP contribution in [0.5, 0.6) is 0 Å². The Kier molecular flexibility index (Phi) is 1.76. The lowest BCUT2D eigenvalue weighted by atomic mass is 10.4. The zero-order chi connectivity index (χ0) is 7.72. The fourth-order valence-corrected chi connectivity index (χ4v) is 0.780. The van der Waals surface area contributed by atoms with Crippen molar-refractivity contribution in [1.82, 2.24) is 10.4 Å². The van der Waals surface area contributed by atoms with Crippen molar-refractivity contribution in [1.29, 1.82) is 0 Å². The lowest BCUT2D eigenvalue weighted by Crippen LogP contribution is -2.37. The van der Waals surface area contributed by atoms with Gasteiger partial charge in [-0.2, -0.15) is 0 Å². The van der Waals surface area contributed by atoms with Crippen LogP contribution >= 0.6 is 0 Å². The van der Waals surface area contributed by atoms with Crippen molar-refractivity contribution in [2.45, 2.75) is 6.42 Å². The fourth-order valence-electron chi connectivity index (χ4n) is 0.780. The van der Waals surface area contributed by atoms with Crippen LogP contribution in [0.25, 0.3) is 0 Å². The minimum Gasteiger partial charge on any atom is -0.289 e. The second kappa shape index (κ2) is 2.42. The third-order valence-electron chi connectivity index (χ3n) is 1.45. The molecule has 0 heterocycles. The lowest BCUT2D eigenvalue weighted by molar-refractivity contribution is -0.125. The van der Waals surface area contributed by atoms with E-state index in [0.29, 0.717) is 0 Å². The predicted molar refractivity (Wildman–Crippen MR) is 39.1 cm³/mol. The molecule has 1 amide bonds. The second-order valence-corrected chi connectivity index (χ2v) is 2.79. The Hall–Kier alpha value is -0.830. The Morgan fingerprint density at radius 2 is 2.30 bits per heavy atom. The Bertz CT molecular complexity index is 174. The Morgan fingerprint density at radius 1 is 1.80 bits per heavy atom. The number of amides is 1. The molecule has 0 aromatic rings. The number of hydrogen-bond donors (Lipinski definition) is 1. The zero-order valence-electron chi connectivity index (χ0n) is 6.35. The molecule has 3 heteroatoms. The highest BCUT2D eigenvalue weighted by Gasteiger charge is 2.34. The maximum absolute atomic E-state index is 11.0. The highest BCUT2D eigenvalue weighted by atomic mass is 16.2. The zero-order valence-corrected chi connectivity index (χ0v) is 6.35. The molecule has 0 saturated heterocycles. The molecular weight excluding hydrogens is 128 g/mol. The molecule has 0 aromatic heterocycles. The van der Waals surface area contributed by atoms with Crippen molar-refractivity contribution < 1.29 is 4.79 Å². The summed E-state index contributed by atoms with van der Waals surface area (Å²) >= 11 is 0. The van der Waals surface area contributed by atoms with E-state index in [-0.39, 0.29) is 11.8 Å². The first-order chi connectivity index (χ1) is 4.61. The van der Waals surface area contributed by atoms with Crippen molar-refractivity contribution in [3.8, 4) is 0 Å². The van der Waals surface area contributed by atoms with Crippen molar-refractivity contribution in [2.75, 3.05) is 14.1 Å². The highest BCUT2D eigenvalue weighted by Crippen LogP contribution is 2.35. The number of nitrogens with zero attached hydrogens (tertiary/aromatic N) is 1. The maximum Gasteiger partial charge on any atom is 0.241 e. The molecule has 1 rings (SSSR count). The van der Waals surface area contributed by atoms with E-state index in [1.54, 1.807) is 19.1 Å². The summed E-state index contributed by atoms with van der Waals surface area (Å²) in [6.45, 7) is 3.70. The van der Waals surface area contributed by atoms with E-state index in [4.69, 9.17) is 0 Å². The van der Waals surface area contributed by atoms with Gasteiger partial charge in [-0.15, -0.1) is 0 Å². The molecule has 1 atom stereocenters. The second-order valence-electron chi connectivity index (χ2n) is 2.79. The third-order valence-corrected chi connectivity index (χ3v) is 1.45. The summed E-state index contributed by atoms with van der Waals surface area (Å²) in [5.41, 5.74) is 3.71. The van der Waals surface area contributed by atoms with Gasteiger partial charge in [-0.1, -0.05) is 12.2 Å². The SMILES string of the molecule is C=C1CC1C(=O)NN(C)C. The number of hydrogen-bond acceptors (Lipinski definition) is 2. The molecule has 1 N–H and O–H groups in total. The number of carbonyl (C=O) groups excluding carboxylic acids is 1. The molecule has 1 aliphatic carbocycles. The molecule has 1 unspecified atom stereocenters. The Labute approximate surface area is 60.7 Å². The van der Waals surface area contributed by atoms with E-state index >= 15 is 0 Å². The number of nitrogens with one attached hydrogen (secondary N) is 1. The summed E-state index contributed by atoms with van der Waals surface area (Å²) in [5.74, 6) is 0.150. The number of rotatable bonds is 2. The first-order valence-corrected chi connectivity index (χ1v) is 3.26. The van der Waals surface area contributed by atoms with Crippen LogP contribution in [0.15, 0.2) is 12.2 Å². The maximum atomic E-state index is 11.0. The minimum absolute atomic E-state index is 0.0648. The first kappa shape index (κ1) is 7.28. The fraction of sp³-hybridized carbons (Fsp3) is 0.571. The summed E-state index contributed by atoms with van der Waals surface area (Å²) < 4.78 is 0. The Balaban J connectivity index is 2.30. The van der Waals surface area contributed by atoms with Crippen LogP contribution in [-0.4, -0.2) is 25.0 Å². The highest BCUT2D eigenvalue weighted by molar-refractivity contribution is 5.85. The van der Waals surface area contributed by atoms with Gasteiger partial charge in [0.15, 0.2) is 0 Å². The van der Waals surface area contributed by atoms with E-state index in [1.165, 1.54) is 0 Å². The van der Waals surface area contributed by atoms with Gasteiger partial charge in [0.2, 0.25) is 5.91 Å². The molecule has 1 saturated carbocycles. The van der Waals surface area contributed by atoms with Crippen molar-refractivity contribution >= 4 is 5.91 Å².